The number of thioether (sulfide) groups is 1. The molecule has 0 radical (unpaired) electrons. The van der Waals surface area contributed by atoms with Crippen LogP contribution >= 0.6 is 11.8 Å². The number of amides is 1. The monoisotopic (exact) mass is 500 g/mol. The molecule has 1 aromatic heterocycles. The zero-order chi connectivity index (χ0) is 25.3. The van der Waals surface area contributed by atoms with Gasteiger partial charge in [-0.2, -0.15) is 11.8 Å². The van der Waals surface area contributed by atoms with Crippen LogP contribution < -0.4 is 11.1 Å². The first-order valence-corrected chi connectivity index (χ1v) is 12.9. The molecule has 7 nitrogen and oxygen atoms in total. The number of nitrogens with one attached hydrogen (secondary N) is 1. The quantitative estimate of drug-likeness (QED) is 0.256. The maximum absolute atomic E-state index is 13.0. The highest BCUT2D eigenvalue weighted by Gasteiger charge is 2.28. The third-order valence-electron chi connectivity index (χ3n) is 5.86. The van der Waals surface area contributed by atoms with Crippen LogP contribution in [0.5, 0.6) is 0 Å². The van der Waals surface area contributed by atoms with Crippen LogP contribution in [0.4, 0.5) is 5.69 Å². The van der Waals surface area contributed by atoms with E-state index in [9.17, 15) is 9.90 Å². The number of aliphatic hydroxyl groups is 1. The van der Waals surface area contributed by atoms with Gasteiger partial charge >= 0.3 is 0 Å². The second-order valence-corrected chi connectivity index (χ2v) is 9.50. The highest BCUT2D eigenvalue weighted by atomic mass is 32.2. The summed E-state index contributed by atoms with van der Waals surface area (Å²) in [4.78, 5) is 20.9. The standard InChI is InChI=1S/C28H28N4O3S/c1-30-22-12-6-5-11-20(22)17-36-18-21(29)27(34)31-24(16-15-19-9-3-2-4-10-19)26(33)28-32-23-13-7-8-14-25(23)35-28/h2-14,21,24,26,33H,15-18,29H2,(H,31,34)/t21-,24-,26?/m0/s1. The van der Waals surface area contributed by atoms with Crippen LogP contribution in [0.3, 0.4) is 0 Å². The van der Waals surface area contributed by atoms with Gasteiger partial charge in [0.05, 0.1) is 18.7 Å². The first kappa shape index (κ1) is 25.5. The molecule has 4 N–H and O–H groups in total. The van der Waals surface area contributed by atoms with Crippen molar-refractivity contribution in [2.24, 2.45) is 5.73 Å². The number of benzene rings is 3. The molecule has 0 saturated carbocycles. The van der Waals surface area contributed by atoms with Crippen LogP contribution in [0.25, 0.3) is 15.9 Å². The lowest BCUT2D eigenvalue weighted by atomic mass is 10.0. The van der Waals surface area contributed by atoms with E-state index in [0.29, 0.717) is 41.1 Å². The summed E-state index contributed by atoms with van der Waals surface area (Å²) in [6.07, 6.45) is 0.00409. The Kier molecular flexibility index (Phi) is 8.74. The Hall–Kier alpha value is -3.64. The Labute approximate surface area is 214 Å². The van der Waals surface area contributed by atoms with Crippen molar-refractivity contribution in [2.45, 2.75) is 36.8 Å². The van der Waals surface area contributed by atoms with Gasteiger partial charge in [-0.3, -0.25) is 4.79 Å². The van der Waals surface area contributed by atoms with E-state index in [1.807, 2.05) is 66.7 Å². The maximum atomic E-state index is 13.0. The molecule has 3 aromatic carbocycles. The molecule has 0 aliphatic rings. The number of nitrogens with two attached hydrogens (primary N) is 1. The largest absolute Gasteiger partial charge is 0.438 e. The number of hydrogen-bond acceptors (Lipinski definition) is 6. The molecule has 1 heterocycles. The fraction of sp³-hybridized carbons (Fsp3) is 0.250. The topological polar surface area (TPSA) is 106 Å². The van der Waals surface area contributed by atoms with Gasteiger partial charge in [0.25, 0.3) is 0 Å². The van der Waals surface area contributed by atoms with Crippen LogP contribution in [0.15, 0.2) is 83.3 Å². The number of hydrogen-bond donors (Lipinski definition) is 3. The molecule has 0 aliphatic heterocycles. The Bertz CT molecular complexity index is 1300. The summed E-state index contributed by atoms with van der Waals surface area (Å²) in [5.74, 6) is 0.771. The Morgan fingerprint density at radius 3 is 2.58 bits per heavy atom. The van der Waals surface area contributed by atoms with Crippen molar-refractivity contribution in [2.75, 3.05) is 5.75 Å². The molecular formula is C28H28N4O3S. The molecule has 184 valence electrons. The minimum Gasteiger partial charge on any atom is -0.438 e. The number of carbonyl (C=O) groups is 1. The molecule has 3 atom stereocenters. The van der Waals surface area contributed by atoms with Crippen molar-refractivity contribution >= 4 is 34.5 Å². The van der Waals surface area contributed by atoms with E-state index in [1.165, 1.54) is 11.8 Å². The summed E-state index contributed by atoms with van der Waals surface area (Å²) < 4.78 is 5.77. The molecule has 0 spiro atoms. The maximum Gasteiger partial charge on any atom is 0.238 e. The molecule has 1 unspecified atom stereocenters. The van der Waals surface area contributed by atoms with Crippen molar-refractivity contribution < 1.29 is 14.3 Å². The predicted molar refractivity (Wildman–Crippen MR) is 143 cm³/mol. The second-order valence-electron chi connectivity index (χ2n) is 8.47. The average molecular weight is 501 g/mol. The molecule has 0 aliphatic carbocycles. The van der Waals surface area contributed by atoms with Crippen molar-refractivity contribution in [3.8, 4) is 0 Å². The third kappa shape index (κ3) is 6.52. The Morgan fingerprint density at radius 1 is 1.08 bits per heavy atom. The van der Waals surface area contributed by atoms with Gasteiger partial charge in [0.15, 0.2) is 17.4 Å². The van der Waals surface area contributed by atoms with Gasteiger partial charge in [0.2, 0.25) is 11.8 Å². The van der Waals surface area contributed by atoms with Gasteiger partial charge in [-0.25, -0.2) is 9.83 Å². The molecule has 0 bridgehead atoms. The number of carbonyl (C=O) groups excluding carboxylic acids is 1. The van der Waals surface area contributed by atoms with Crippen LogP contribution in [0.2, 0.25) is 0 Å². The molecule has 0 fully saturated rings. The molecule has 36 heavy (non-hydrogen) atoms. The van der Waals surface area contributed by atoms with Gasteiger partial charge in [-0.05, 0) is 36.1 Å². The van der Waals surface area contributed by atoms with Gasteiger partial charge in [-0.1, -0.05) is 66.7 Å². The normalized spacial score (nSPS) is 13.6. The summed E-state index contributed by atoms with van der Waals surface area (Å²) in [5, 5.41) is 14.1. The van der Waals surface area contributed by atoms with Crippen molar-refractivity contribution in [1.29, 1.82) is 0 Å². The van der Waals surface area contributed by atoms with Crippen molar-refractivity contribution in [3.05, 3.63) is 107 Å². The number of aromatic nitrogens is 1. The Morgan fingerprint density at radius 2 is 1.81 bits per heavy atom. The summed E-state index contributed by atoms with van der Waals surface area (Å²) in [5.41, 5.74) is 10.0. The van der Waals surface area contributed by atoms with E-state index in [0.717, 1.165) is 11.1 Å². The van der Waals surface area contributed by atoms with Crippen molar-refractivity contribution in [3.63, 3.8) is 0 Å². The van der Waals surface area contributed by atoms with Gasteiger partial charge in [0, 0.05) is 11.5 Å². The Balaban J connectivity index is 1.41. The van der Waals surface area contributed by atoms with E-state index < -0.39 is 18.2 Å². The van der Waals surface area contributed by atoms with E-state index >= 15 is 0 Å². The number of nitrogens with zero attached hydrogens (tertiary/aromatic N) is 2. The number of fused-ring (bicyclic) bond motifs is 1. The van der Waals surface area contributed by atoms with Crippen molar-refractivity contribution in [1.82, 2.24) is 10.3 Å². The van der Waals surface area contributed by atoms with E-state index in [4.69, 9.17) is 16.7 Å². The smallest absolute Gasteiger partial charge is 0.238 e. The third-order valence-corrected chi connectivity index (χ3v) is 6.97. The fourth-order valence-electron chi connectivity index (χ4n) is 3.87. The number of aliphatic hydroxyl groups excluding tert-OH is 1. The second kappa shape index (κ2) is 12.4. The number of oxazole rings is 1. The van der Waals surface area contributed by atoms with Crippen LogP contribution in [0.1, 0.15) is 29.5 Å². The van der Waals surface area contributed by atoms with Gasteiger partial charge in [0.1, 0.15) is 5.52 Å². The minimum absolute atomic E-state index is 0.160. The first-order chi connectivity index (χ1) is 17.5. The van der Waals surface area contributed by atoms with E-state index in [-0.39, 0.29) is 11.8 Å². The molecule has 8 heteroatoms. The average Bonchev–Trinajstić information content (AvgIpc) is 3.35. The van der Waals surface area contributed by atoms with Crippen LogP contribution in [-0.4, -0.2) is 33.8 Å². The SMILES string of the molecule is [C-]#[N+]c1ccccc1CSC[C@H](N)C(=O)N[C@@H](CCc1ccccc1)C(O)c1nc2ccccc2o1. The fourth-order valence-corrected chi connectivity index (χ4v) is 4.85. The van der Waals surface area contributed by atoms with Crippen LogP contribution in [0, 0.1) is 6.57 Å². The van der Waals surface area contributed by atoms with E-state index in [2.05, 4.69) is 15.1 Å². The highest BCUT2D eigenvalue weighted by molar-refractivity contribution is 7.98. The molecular weight excluding hydrogens is 472 g/mol. The van der Waals surface area contributed by atoms with Gasteiger partial charge < -0.3 is 20.6 Å². The highest BCUT2D eigenvalue weighted by Crippen LogP contribution is 2.26. The minimum atomic E-state index is -1.13. The number of para-hydroxylation sites is 3. The zero-order valence-corrected chi connectivity index (χ0v) is 20.5. The number of aryl methyl sites for hydroxylation is 1. The summed E-state index contributed by atoms with van der Waals surface area (Å²) in [6.45, 7) is 7.29. The molecule has 1 amide bonds. The molecule has 0 saturated heterocycles. The summed E-state index contributed by atoms with van der Waals surface area (Å²) >= 11 is 1.49. The molecule has 4 aromatic rings. The van der Waals surface area contributed by atoms with E-state index in [1.54, 1.807) is 12.1 Å². The first-order valence-electron chi connectivity index (χ1n) is 11.7. The summed E-state index contributed by atoms with van der Waals surface area (Å²) in [6, 6.07) is 23.2. The lowest BCUT2D eigenvalue weighted by molar-refractivity contribution is -0.123. The molecule has 4 rings (SSSR count). The zero-order valence-electron chi connectivity index (χ0n) is 19.7. The lowest BCUT2D eigenvalue weighted by Crippen LogP contribution is -2.48. The van der Waals surface area contributed by atoms with Crippen LogP contribution in [-0.2, 0) is 17.0 Å². The number of rotatable bonds is 11. The summed E-state index contributed by atoms with van der Waals surface area (Å²) in [7, 11) is 0. The van der Waals surface area contributed by atoms with Gasteiger partial charge in [-0.15, -0.1) is 0 Å². The lowest BCUT2D eigenvalue weighted by Gasteiger charge is -2.24. The predicted octanol–water partition coefficient (Wildman–Crippen LogP) is 4.79.